The average Bonchev–Trinajstić information content (AvgIpc) is 2.43. The van der Waals surface area contributed by atoms with Crippen LogP contribution >= 0.6 is 0 Å². The molecule has 2 nitrogen and oxygen atoms in total. The first-order chi connectivity index (χ1) is 9.27. The number of nitrogens with zero attached hydrogens (tertiary/aromatic N) is 1. The molecule has 19 heavy (non-hydrogen) atoms. The van der Waals surface area contributed by atoms with Gasteiger partial charge in [-0.25, -0.2) is 0 Å². The van der Waals surface area contributed by atoms with E-state index in [4.69, 9.17) is 0 Å². The van der Waals surface area contributed by atoms with E-state index >= 15 is 0 Å². The molecule has 0 bridgehead atoms. The van der Waals surface area contributed by atoms with Crippen LogP contribution in [-0.2, 0) is 0 Å². The molecule has 1 atom stereocenters. The Morgan fingerprint density at radius 3 is 2.58 bits per heavy atom. The fraction of sp³-hybridized carbons (Fsp3) is 0.118. The first kappa shape index (κ1) is 10.6. The van der Waals surface area contributed by atoms with Gasteiger partial charge in [-0.2, -0.15) is 0 Å². The average molecular weight is 247 g/mol. The minimum atomic E-state index is 0.104. The number of hydrogen-bond donors (Lipinski definition) is 0. The van der Waals surface area contributed by atoms with Crippen molar-refractivity contribution in [1.29, 1.82) is 0 Å². The second-order valence-corrected chi connectivity index (χ2v) is 5.06. The Hall–Kier alpha value is -2.35. The standard InChI is InChI=1S/C17H13NO/c1-11-14-8-4-6-13-10-9-12-5-2-3-7-15(12)17(19)18(11)16(13)14/h2-11H,1H3/b10-9-. The molecule has 4 rings (SSSR count). The zero-order valence-electron chi connectivity index (χ0n) is 10.6. The van der Waals surface area contributed by atoms with Crippen molar-refractivity contribution in [3.63, 3.8) is 0 Å². The highest BCUT2D eigenvalue weighted by Crippen LogP contribution is 2.47. The van der Waals surface area contributed by atoms with Gasteiger partial charge in [0.05, 0.1) is 11.7 Å². The highest BCUT2D eigenvalue weighted by Gasteiger charge is 2.38. The van der Waals surface area contributed by atoms with Gasteiger partial charge in [-0.05, 0) is 29.7 Å². The zero-order valence-corrected chi connectivity index (χ0v) is 10.6. The lowest BCUT2D eigenvalue weighted by atomic mass is 9.87. The van der Waals surface area contributed by atoms with E-state index in [9.17, 15) is 4.79 Å². The molecule has 0 saturated heterocycles. The molecule has 0 radical (unpaired) electrons. The van der Waals surface area contributed by atoms with Gasteiger partial charge >= 0.3 is 0 Å². The van der Waals surface area contributed by atoms with Crippen LogP contribution in [-0.4, -0.2) is 5.91 Å². The highest BCUT2D eigenvalue weighted by atomic mass is 16.2. The van der Waals surface area contributed by atoms with Crippen LogP contribution in [0, 0.1) is 0 Å². The van der Waals surface area contributed by atoms with Gasteiger partial charge in [-0.15, -0.1) is 0 Å². The number of hydrogen-bond acceptors (Lipinski definition) is 1. The molecule has 2 heterocycles. The predicted molar refractivity (Wildman–Crippen MR) is 77.0 cm³/mol. The molecule has 0 N–H and O–H groups in total. The van der Waals surface area contributed by atoms with E-state index in [2.05, 4.69) is 31.2 Å². The van der Waals surface area contributed by atoms with Crippen molar-refractivity contribution in [3.05, 3.63) is 64.7 Å². The van der Waals surface area contributed by atoms with E-state index in [1.54, 1.807) is 0 Å². The topological polar surface area (TPSA) is 20.3 Å². The van der Waals surface area contributed by atoms with Gasteiger partial charge in [-0.3, -0.25) is 4.79 Å². The number of carbonyl (C=O) groups is 1. The van der Waals surface area contributed by atoms with Gasteiger partial charge in [0, 0.05) is 5.56 Å². The molecule has 2 aliphatic rings. The maximum Gasteiger partial charge on any atom is 0.259 e. The summed E-state index contributed by atoms with van der Waals surface area (Å²) in [6.07, 6.45) is 4.13. The van der Waals surface area contributed by atoms with Crippen LogP contribution in [0.2, 0.25) is 0 Å². The van der Waals surface area contributed by atoms with E-state index in [0.717, 1.165) is 22.4 Å². The molecule has 2 heteroatoms. The van der Waals surface area contributed by atoms with E-state index in [1.807, 2.05) is 35.2 Å². The highest BCUT2D eigenvalue weighted by molar-refractivity contribution is 6.14. The number of anilines is 1. The number of rotatable bonds is 0. The molecule has 0 aromatic heterocycles. The molecule has 0 saturated carbocycles. The minimum absolute atomic E-state index is 0.104. The fourth-order valence-electron chi connectivity index (χ4n) is 3.02. The molecular formula is C17H13NO. The van der Waals surface area contributed by atoms with Crippen molar-refractivity contribution in [2.24, 2.45) is 0 Å². The maximum atomic E-state index is 12.7. The number of benzene rings is 2. The van der Waals surface area contributed by atoms with Crippen molar-refractivity contribution < 1.29 is 4.79 Å². The van der Waals surface area contributed by atoms with Crippen LogP contribution in [0.4, 0.5) is 5.69 Å². The quantitative estimate of drug-likeness (QED) is 0.691. The summed E-state index contributed by atoms with van der Waals surface area (Å²) in [6, 6.07) is 14.2. The Labute approximate surface area is 112 Å². The number of para-hydroxylation sites is 1. The van der Waals surface area contributed by atoms with Gasteiger partial charge in [-0.1, -0.05) is 48.6 Å². The Morgan fingerprint density at radius 1 is 0.947 bits per heavy atom. The summed E-state index contributed by atoms with van der Waals surface area (Å²) in [5.41, 5.74) is 5.23. The monoisotopic (exact) mass is 247 g/mol. The van der Waals surface area contributed by atoms with Crippen molar-refractivity contribution in [1.82, 2.24) is 0 Å². The molecule has 2 aliphatic heterocycles. The van der Waals surface area contributed by atoms with Gasteiger partial charge in [0.25, 0.3) is 5.91 Å². The zero-order chi connectivity index (χ0) is 13.0. The molecule has 92 valence electrons. The van der Waals surface area contributed by atoms with E-state index < -0.39 is 0 Å². The first-order valence-electron chi connectivity index (χ1n) is 6.51. The van der Waals surface area contributed by atoms with Gasteiger partial charge in [0.2, 0.25) is 0 Å². The summed E-state index contributed by atoms with van der Waals surface area (Å²) in [7, 11) is 0. The molecule has 0 aliphatic carbocycles. The largest absolute Gasteiger partial charge is 0.300 e. The van der Waals surface area contributed by atoms with E-state index in [-0.39, 0.29) is 11.9 Å². The molecule has 2 aromatic rings. The smallest absolute Gasteiger partial charge is 0.259 e. The minimum Gasteiger partial charge on any atom is -0.300 e. The third kappa shape index (κ3) is 1.28. The summed E-state index contributed by atoms with van der Waals surface area (Å²) < 4.78 is 0. The lowest BCUT2D eigenvalue weighted by Gasteiger charge is -2.43. The molecule has 0 spiro atoms. The summed E-state index contributed by atoms with van der Waals surface area (Å²) in [4.78, 5) is 14.6. The summed E-state index contributed by atoms with van der Waals surface area (Å²) in [5.74, 6) is 0.104. The number of fused-ring (bicyclic) bond motifs is 1. The van der Waals surface area contributed by atoms with E-state index in [0.29, 0.717) is 0 Å². The lowest BCUT2D eigenvalue weighted by Crippen LogP contribution is -2.42. The Bertz CT molecular complexity index is 730. The normalized spacial score (nSPS) is 20.8. The van der Waals surface area contributed by atoms with Crippen molar-refractivity contribution in [2.75, 3.05) is 4.90 Å². The fourth-order valence-corrected chi connectivity index (χ4v) is 3.02. The molecule has 1 unspecified atom stereocenters. The first-order valence-corrected chi connectivity index (χ1v) is 6.51. The summed E-state index contributed by atoms with van der Waals surface area (Å²) in [5, 5.41) is 0. The van der Waals surface area contributed by atoms with Crippen LogP contribution in [0.1, 0.15) is 40.0 Å². The van der Waals surface area contributed by atoms with E-state index in [1.165, 1.54) is 5.56 Å². The van der Waals surface area contributed by atoms with Crippen molar-refractivity contribution in [2.45, 2.75) is 13.0 Å². The van der Waals surface area contributed by atoms with Gasteiger partial charge in [0.15, 0.2) is 0 Å². The Kier molecular flexibility index (Phi) is 1.99. The third-order valence-corrected chi connectivity index (χ3v) is 4.03. The second kappa shape index (κ2) is 3.58. The molecule has 2 aromatic carbocycles. The van der Waals surface area contributed by atoms with Crippen LogP contribution < -0.4 is 4.90 Å². The third-order valence-electron chi connectivity index (χ3n) is 4.03. The van der Waals surface area contributed by atoms with Crippen LogP contribution in [0.25, 0.3) is 12.2 Å². The SMILES string of the molecule is CC1c2cccc3c2N1C(=O)c1ccccc1/C=C\3. The van der Waals surface area contributed by atoms with Gasteiger partial charge in [0.1, 0.15) is 0 Å². The molecule has 1 amide bonds. The predicted octanol–water partition coefficient (Wildman–Crippen LogP) is 3.89. The maximum absolute atomic E-state index is 12.7. The van der Waals surface area contributed by atoms with Crippen LogP contribution in [0.15, 0.2) is 42.5 Å². The van der Waals surface area contributed by atoms with Crippen LogP contribution in [0.5, 0.6) is 0 Å². The molecular weight excluding hydrogens is 234 g/mol. The Balaban J connectivity index is 2.01. The van der Waals surface area contributed by atoms with Gasteiger partial charge < -0.3 is 4.90 Å². The number of carbonyl (C=O) groups excluding carboxylic acids is 1. The summed E-state index contributed by atoms with van der Waals surface area (Å²) >= 11 is 0. The second-order valence-electron chi connectivity index (χ2n) is 5.06. The van der Waals surface area contributed by atoms with Crippen LogP contribution in [0.3, 0.4) is 0 Å². The Morgan fingerprint density at radius 2 is 1.68 bits per heavy atom. The van der Waals surface area contributed by atoms with Crippen molar-refractivity contribution >= 4 is 23.7 Å². The summed E-state index contributed by atoms with van der Waals surface area (Å²) in [6.45, 7) is 2.08. The lowest BCUT2D eigenvalue weighted by molar-refractivity contribution is 0.0970. The number of amides is 1. The molecule has 0 fully saturated rings. The van der Waals surface area contributed by atoms with Crippen molar-refractivity contribution in [3.8, 4) is 0 Å².